The van der Waals surface area contributed by atoms with Crippen molar-refractivity contribution in [2.24, 2.45) is 0 Å². The average molecular weight is 302 g/mol. The number of halogens is 2. The second kappa shape index (κ2) is 4.68. The van der Waals surface area contributed by atoms with Crippen LogP contribution in [0.4, 0.5) is 0 Å². The number of rotatable bonds is 1. The van der Waals surface area contributed by atoms with Crippen LogP contribution in [0.25, 0.3) is 11.4 Å². The number of aromatic amines is 1. The molecular weight excluding hydrogens is 289 g/mol. The van der Waals surface area contributed by atoms with Crippen molar-refractivity contribution in [2.45, 2.75) is 26.3 Å². The van der Waals surface area contributed by atoms with Gasteiger partial charge in [-0.3, -0.25) is 9.67 Å². The fraction of sp³-hybridized carbons (Fsp3) is 0.333. The maximum Gasteiger partial charge on any atom is 0.195 e. The Kier molecular flexibility index (Phi) is 3.54. The molecule has 18 heavy (non-hydrogen) atoms. The van der Waals surface area contributed by atoms with Gasteiger partial charge in [-0.2, -0.15) is 5.10 Å². The van der Waals surface area contributed by atoms with Gasteiger partial charge in [0.1, 0.15) is 0 Å². The first-order valence-corrected chi connectivity index (χ1v) is 6.60. The van der Waals surface area contributed by atoms with Crippen LogP contribution in [0.1, 0.15) is 20.8 Å². The summed E-state index contributed by atoms with van der Waals surface area (Å²) in [5.74, 6) is 0.733. The SMILES string of the molecule is CC(C)(C)n1c(-c2cc(Cl)cc(Cl)c2)n[nH]c1=S. The minimum Gasteiger partial charge on any atom is -0.295 e. The zero-order valence-corrected chi connectivity index (χ0v) is 12.6. The summed E-state index contributed by atoms with van der Waals surface area (Å²) < 4.78 is 2.53. The fourth-order valence-corrected chi connectivity index (χ4v) is 2.73. The Morgan fingerprint density at radius 1 is 1.17 bits per heavy atom. The molecule has 0 unspecified atom stereocenters. The van der Waals surface area contributed by atoms with Gasteiger partial charge in [-0.05, 0) is 51.2 Å². The van der Waals surface area contributed by atoms with E-state index in [2.05, 4.69) is 31.0 Å². The molecule has 0 spiro atoms. The van der Waals surface area contributed by atoms with Gasteiger partial charge in [0, 0.05) is 21.1 Å². The molecule has 96 valence electrons. The third-order valence-corrected chi connectivity index (χ3v) is 3.17. The molecule has 2 aromatic rings. The third-order valence-electron chi connectivity index (χ3n) is 2.46. The van der Waals surface area contributed by atoms with Crippen LogP contribution in [0.2, 0.25) is 10.0 Å². The molecule has 0 saturated carbocycles. The molecule has 0 aliphatic rings. The quantitative estimate of drug-likeness (QED) is 0.777. The molecule has 2 rings (SSSR count). The Labute approximate surface area is 121 Å². The Morgan fingerprint density at radius 3 is 2.22 bits per heavy atom. The minimum atomic E-state index is -0.172. The zero-order valence-electron chi connectivity index (χ0n) is 10.3. The van der Waals surface area contributed by atoms with Crippen molar-refractivity contribution >= 4 is 35.4 Å². The first-order chi connectivity index (χ1) is 8.29. The van der Waals surface area contributed by atoms with Crippen molar-refractivity contribution in [2.75, 3.05) is 0 Å². The molecular formula is C12H13Cl2N3S. The molecule has 0 bridgehead atoms. The highest BCUT2D eigenvalue weighted by atomic mass is 35.5. The van der Waals surface area contributed by atoms with E-state index in [1.54, 1.807) is 6.07 Å². The van der Waals surface area contributed by atoms with Crippen molar-refractivity contribution < 1.29 is 0 Å². The summed E-state index contributed by atoms with van der Waals surface area (Å²) in [5.41, 5.74) is 0.670. The lowest BCUT2D eigenvalue weighted by Gasteiger charge is -2.22. The van der Waals surface area contributed by atoms with E-state index in [0.717, 1.165) is 11.4 Å². The average Bonchev–Trinajstić information content (AvgIpc) is 2.57. The van der Waals surface area contributed by atoms with Crippen molar-refractivity contribution in [3.63, 3.8) is 0 Å². The first kappa shape index (κ1) is 13.6. The molecule has 1 N–H and O–H groups in total. The number of aromatic nitrogens is 3. The number of nitrogens with zero attached hydrogens (tertiary/aromatic N) is 2. The summed E-state index contributed by atoms with van der Waals surface area (Å²) in [6.07, 6.45) is 0. The van der Waals surface area contributed by atoms with Gasteiger partial charge in [0.25, 0.3) is 0 Å². The summed E-state index contributed by atoms with van der Waals surface area (Å²) in [7, 11) is 0. The smallest absolute Gasteiger partial charge is 0.195 e. The predicted octanol–water partition coefficient (Wildman–Crippen LogP) is 4.67. The molecule has 1 heterocycles. The molecule has 1 aromatic carbocycles. The van der Waals surface area contributed by atoms with Crippen LogP contribution in [-0.2, 0) is 5.54 Å². The lowest BCUT2D eigenvalue weighted by atomic mass is 10.1. The highest BCUT2D eigenvalue weighted by Crippen LogP contribution is 2.29. The number of hydrogen-bond donors (Lipinski definition) is 1. The number of benzene rings is 1. The Bertz CT molecular complexity index is 617. The van der Waals surface area contributed by atoms with Gasteiger partial charge in [0.05, 0.1) is 0 Å². The summed E-state index contributed by atoms with van der Waals surface area (Å²) in [4.78, 5) is 0. The van der Waals surface area contributed by atoms with Crippen molar-refractivity contribution in [3.8, 4) is 11.4 Å². The van der Waals surface area contributed by atoms with Crippen molar-refractivity contribution in [1.82, 2.24) is 14.8 Å². The summed E-state index contributed by atoms with van der Waals surface area (Å²) in [5, 5.41) is 8.23. The van der Waals surface area contributed by atoms with Gasteiger partial charge >= 0.3 is 0 Å². The van der Waals surface area contributed by atoms with E-state index in [4.69, 9.17) is 35.4 Å². The van der Waals surface area contributed by atoms with E-state index >= 15 is 0 Å². The highest BCUT2D eigenvalue weighted by Gasteiger charge is 2.20. The van der Waals surface area contributed by atoms with Crippen LogP contribution in [0.3, 0.4) is 0 Å². The summed E-state index contributed by atoms with van der Waals surface area (Å²) in [6.45, 7) is 6.19. The largest absolute Gasteiger partial charge is 0.295 e. The predicted molar refractivity (Wildman–Crippen MR) is 77.9 cm³/mol. The number of H-pyrrole nitrogens is 1. The molecule has 0 aliphatic carbocycles. The van der Waals surface area contributed by atoms with Gasteiger partial charge < -0.3 is 0 Å². The van der Waals surface area contributed by atoms with Crippen LogP contribution in [0.5, 0.6) is 0 Å². The van der Waals surface area contributed by atoms with E-state index in [9.17, 15) is 0 Å². The number of nitrogens with one attached hydrogen (secondary N) is 1. The standard InChI is InChI=1S/C12H13Cl2N3S/c1-12(2,3)17-10(15-16-11(17)18)7-4-8(13)6-9(14)5-7/h4-6H,1-3H3,(H,16,18). The van der Waals surface area contributed by atoms with Gasteiger partial charge in [0.15, 0.2) is 10.6 Å². The maximum atomic E-state index is 6.02. The summed E-state index contributed by atoms with van der Waals surface area (Å²) in [6, 6.07) is 5.33. The van der Waals surface area contributed by atoms with Gasteiger partial charge in [0.2, 0.25) is 0 Å². The van der Waals surface area contributed by atoms with E-state index in [1.165, 1.54) is 0 Å². The zero-order chi connectivity index (χ0) is 13.5. The van der Waals surface area contributed by atoms with E-state index in [0.29, 0.717) is 14.8 Å². The minimum absolute atomic E-state index is 0.172. The van der Waals surface area contributed by atoms with Gasteiger partial charge in [-0.1, -0.05) is 23.2 Å². The molecule has 0 aliphatic heterocycles. The molecule has 0 atom stereocenters. The molecule has 3 nitrogen and oxygen atoms in total. The van der Waals surface area contributed by atoms with Gasteiger partial charge in [-0.15, -0.1) is 0 Å². The monoisotopic (exact) mass is 301 g/mol. The number of hydrogen-bond acceptors (Lipinski definition) is 2. The molecule has 0 saturated heterocycles. The maximum absolute atomic E-state index is 6.02. The second-order valence-electron chi connectivity index (χ2n) is 5.02. The van der Waals surface area contributed by atoms with Crippen LogP contribution < -0.4 is 0 Å². The molecule has 0 fully saturated rings. The van der Waals surface area contributed by atoms with Crippen LogP contribution in [-0.4, -0.2) is 14.8 Å². The first-order valence-electron chi connectivity index (χ1n) is 5.43. The Morgan fingerprint density at radius 2 is 1.72 bits per heavy atom. The molecule has 0 radical (unpaired) electrons. The van der Waals surface area contributed by atoms with E-state index in [-0.39, 0.29) is 5.54 Å². The Hall–Kier alpha value is -0.840. The lowest BCUT2D eigenvalue weighted by molar-refractivity contribution is 0.395. The topological polar surface area (TPSA) is 33.6 Å². The van der Waals surface area contributed by atoms with Gasteiger partial charge in [-0.25, -0.2) is 0 Å². The van der Waals surface area contributed by atoms with Crippen molar-refractivity contribution in [3.05, 3.63) is 33.0 Å². The van der Waals surface area contributed by atoms with E-state index in [1.807, 2.05) is 16.7 Å². The van der Waals surface area contributed by atoms with Crippen LogP contribution >= 0.6 is 35.4 Å². The van der Waals surface area contributed by atoms with Crippen molar-refractivity contribution in [1.29, 1.82) is 0 Å². The normalized spacial score (nSPS) is 11.8. The van der Waals surface area contributed by atoms with Crippen LogP contribution in [0.15, 0.2) is 18.2 Å². The molecule has 0 amide bonds. The van der Waals surface area contributed by atoms with Crippen LogP contribution in [0, 0.1) is 4.77 Å². The molecule has 1 aromatic heterocycles. The Balaban J connectivity index is 2.69. The second-order valence-corrected chi connectivity index (χ2v) is 6.28. The molecule has 6 heteroatoms. The van der Waals surface area contributed by atoms with E-state index < -0.39 is 0 Å². The summed E-state index contributed by atoms with van der Waals surface area (Å²) >= 11 is 17.3. The highest BCUT2D eigenvalue weighted by molar-refractivity contribution is 7.71. The lowest BCUT2D eigenvalue weighted by Crippen LogP contribution is -2.22. The third kappa shape index (κ3) is 2.60. The fourth-order valence-electron chi connectivity index (χ4n) is 1.80.